The molecular weight excluding hydrogens is 246 g/mol. The van der Waals surface area contributed by atoms with E-state index in [1.54, 1.807) is 24.3 Å². The molecule has 0 aliphatic carbocycles. The molecule has 102 valence electrons. The minimum atomic E-state index is -2.56. The van der Waals surface area contributed by atoms with Crippen molar-refractivity contribution in [2.75, 3.05) is 12.3 Å². The number of hydrogen-bond donors (Lipinski definition) is 2. The maximum atomic E-state index is 12.9. The number of nitrogens with zero attached hydrogens (tertiary/aromatic N) is 1. The van der Waals surface area contributed by atoms with Gasteiger partial charge in [-0.2, -0.15) is 0 Å². The molecule has 1 unspecified atom stereocenters. The van der Waals surface area contributed by atoms with Gasteiger partial charge < -0.3 is 5.73 Å². The van der Waals surface area contributed by atoms with Gasteiger partial charge in [0.2, 0.25) is 0 Å². The third kappa shape index (κ3) is 4.31. The molecule has 0 aliphatic heterocycles. The van der Waals surface area contributed by atoms with Crippen molar-refractivity contribution in [2.45, 2.75) is 38.6 Å². The quantitative estimate of drug-likeness (QED) is 0.807. The number of hydrogen-bond acceptors (Lipinski definition) is 3. The van der Waals surface area contributed by atoms with Crippen LogP contribution in [0.4, 0.5) is 5.69 Å². The van der Waals surface area contributed by atoms with E-state index in [-0.39, 0.29) is 6.04 Å². The SMILES string of the molecule is CC(C)CN=S(=O)(NC(C)C)c1ccc(N)cc1. The Morgan fingerprint density at radius 2 is 1.78 bits per heavy atom. The zero-order chi connectivity index (χ0) is 13.8. The average molecular weight is 269 g/mol. The average Bonchev–Trinajstić information content (AvgIpc) is 2.26. The van der Waals surface area contributed by atoms with E-state index in [4.69, 9.17) is 5.73 Å². The first-order valence-corrected chi connectivity index (χ1v) is 7.71. The van der Waals surface area contributed by atoms with E-state index in [0.717, 1.165) is 0 Å². The van der Waals surface area contributed by atoms with Gasteiger partial charge in [-0.25, -0.2) is 13.3 Å². The van der Waals surface area contributed by atoms with E-state index >= 15 is 0 Å². The monoisotopic (exact) mass is 269 g/mol. The van der Waals surface area contributed by atoms with Crippen LogP contribution in [0.5, 0.6) is 0 Å². The van der Waals surface area contributed by atoms with Crippen LogP contribution < -0.4 is 10.5 Å². The van der Waals surface area contributed by atoms with Gasteiger partial charge in [0.1, 0.15) is 9.92 Å². The lowest BCUT2D eigenvalue weighted by atomic mass is 10.2. The largest absolute Gasteiger partial charge is 0.399 e. The Hall–Kier alpha value is -1.07. The van der Waals surface area contributed by atoms with Gasteiger partial charge in [-0.05, 0) is 44.0 Å². The van der Waals surface area contributed by atoms with Gasteiger partial charge in [0.25, 0.3) is 0 Å². The van der Waals surface area contributed by atoms with Crippen LogP contribution in [0.25, 0.3) is 0 Å². The molecule has 1 rings (SSSR count). The number of anilines is 1. The molecule has 5 heteroatoms. The fourth-order valence-corrected chi connectivity index (χ4v) is 3.42. The molecule has 0 fully saturated rings. The molecule has 0 saturated carbocycles. The van der Waals surface area contributed by atoms with Crippen LogP contribution in [0.1, 0.15) is 27.7 Å². The Balaban J connectivity index is 3.16. The van der Waals surface area contributed by atoms with Crippen LogP contribution in [-0.4, -0.2) is 16.8 Å². The first-order valence-electron chi connectivity index (χ1n) is 6.19. The molecule has 1 aromatic rings. The molecule has 4 nitrogen and oxygen atoms in total. The molecule has 0 amide bonds. The normalized spacial score (nSPS) is 14.8. The van der Waals surface area contributed by atoms with Gasteiger partial charge in [0, 0.05) is 11.7 Å². The van der Waals surface area contributed by atoms with Crippen LogP contribution >= 0.6 is 0 Å². The maximum Gasteiger partial charge on any atom is 0.137 e. The van der Waals surface area contributed by atoms with Crippen molar-refractivity contribution >= 4 is 15.6 Å². The van der Waals surface area contributed by atoms with E-state index < -0.39 is 9.92 Å². The van der Waals surface area contributed by atoms with Crippen molar-refractivity contribution in [3.8, 4) is 0 Å². The van der Waals surface area contributed by atoms with Gasteiger partial charge in [0.15, 0.2) is 0 Å². The van der Waals surface area contributed by atoms with Gasteiger partial charge in [-0.15, -0.1) is 0 Å². The lowest BCUT2D eigenvalue weighted by molar-refractivity contribution is 0.629. The number of benzene rings is 1. The molecule has 1 atom stereocenters. The lowest BCUT2D eigenvalue weighted by Crippen LogP contribution is -2.30. The highest BCUT2D eigenvalue weighted by Crippen LogP contribution is 2.15. The highest BCUT2D eigenvalue weighted by atomic mass is 32.2. The third-order valence-corrected chi connectivity index (χ3v) is 4.43. The van der Waals surface area contributed by atoms with Crippen molar-refractivity contribution in [3.05, 3.63) is 24.3 Å². The number of nitrogens with one attached hydrogen (secondary N) is 1. The summed E-state index contributed by atoms with van der Waals surface area (Å²) in [7, 11) is -2.56. The second-order valence-corrected chi connectivity index (χ2v) is 7.09. The molecule has 18 heavy (non-hydrogen) atoms. The van der Waals surface area contributed by atoms with Crippen molar-refractivity contribution < 1.29 is 4.21 Å². The Morgan fingerprint density at radius 3 is 2.22 bits per heavy atom. The van der Waals surface area contributed by atoms with Gasteiger partial charge in [-0.3, -0.25) is 0 Å². The fourth-order valence-electron chi connectivity index (χ4n) is 1.41. The Labute approximate surface area is 110 Å². The molecule has 0 bridgehead atoms. The van der Waals surface area contributed by atoms with Crippen LogP contribution in [0, 0.1) is 5.92 Å². The predicted molar refractivity (Wildman–Crippen MR) is 77.7 cm³/mol. The Morgan fingerprint density at radius 1 is 1.22 bits per heavy atom. The maximum absolute atomic E-state index is 12.9. The van der Waals surface area contributed by atoms with Crippen molar-refractivity contribution in [1.29, 1.82) is 0 Å². The summed E-state index contributed by atoms with van der Waals surface area (Å²) in [5, 5.41) is 0. The summed E-state index contributed by atoms with van der Waals surface area (Å²) in [6.45, 7) is 8.61. The molecule has 0 aromatic heterocycles. The molecule has 0 saturated heterocycles. The topological polar surface area (TPSA) is 67.5 Å². The van der Waals surface area contributed by atoms with Crippen LogP contribution in [0.3, 0.4) is 0 Å². The van der Waals surface area contributed by atoms with E-state index in [1.807, 2.05) is 13.8 Å². The summed E-state index contributed by atoms with van der Waals surface area (Å²) < 4.78 is 20.3. The van der Waals surface area contributed by atoms with Crippen molar-refractivity contribution in [2.24, 2.45) is 10.3 Å². The summed E-state index contributed by atoms with van der Waals surface area (Å²) in [5.74, 6) is 0.383. The minimum absolute atomic E-state index is 0.103. The Kier molecular flexibility index (Phi) is 5.16. The molecule has 0 aliphatic rings. The second kappa shape index (κ2) is 6.20. The first kappa shape index (κ1) is 15.0. The summed E-state index contributed by atoms with van der Waals surface area (Å²) >= 11 is 0. The van der Waals surface area contributed by atoms with Crippen molar-refractivity contribution in [1.82, 2.24) is 4.72 Å². The van der Waals surface area contributed by atoms with E-state index in [9.17, 15) is 4.21 Å². The van der Waals surface area contributed by atoms with E-state index in [2.05, 4.69) is 22.9 Å². The molecule has 0 radical (unpaired) electrons. The zero-order valence-corrected chi connectivity index (χ0v) is 12.3. The molecule has 0 spiro atoms. The smallest absolute Gasteiger partial charge is 0.137 e. The van der Waals surface area contributed by atoms with Gasteiger partial charge >= 0.3 is 0 Å². The summed E-state index contributed by atoms with van der Waals surface area (Å²) in [5.41, 5.74) is 6.31. The van der Waals surface area contributed by atoms with E-state index in [0.29, 0.717) is 23.0 Å². The minimum Gasteiger partial charge on any atom is -0.399 e. The molecule has 0 heterocycles. The van der Waals surface area contributed by atoms with Gasteiger partial charge in [-0.1, -0.05) is 13.8 Å². The standard InChI is InChI=1S/C13H23N3OS/c1-10(2)9-15-18(17,16-11(3)4)13-7-5-12(14)6-8-13/h5-8,10-11H,9,14H2,1-4H3,(H,15,16,17). The molecule has 1 aromatic carbocycles. The van der Waals surface area contributed by atoms with Crippen molar-refractivity contribution in [3.63, 3.8) is 0 Å². The fraction of sp³-hybridized carbons (Fsp3) is 0.538. The van der Waals surface area contributed by atoms with E-state index in [1.165, 1.54) is 0 Å². The highest BCUT2D eigenvalue weighted by Gasteiger charge is 2.13. The predicted octanol–water partition coefficient (Wildman–Crippen LogP) is 2.66. The lowest BCUT2D eigenvalue weighted by Gasteiger charge is -2.16. The Bertz CT molecular complexity index is 485. The summed E-state index contributed by atoms with van der Waals surface area (Å²) in [6, 6.07) is 7.16. The molecule has 3 N–H and O–H groups in total. The molecular formula is C13H23N3OS. The third-order valence-electron chi connectivity index (χ3n) is 2.22. The van der Waals surface area contributed by atoms with Gasteiger partial charge in [0.05, 0.1) is 11.4 Å². The van der Waals surface area contributed by atoms with Crippen LogP contribution in [-0.2, 0) is 9.92 Å². The number of rotatable bonds is 5. The summed E-state index contributed by atoms with van der Waals surface area (Å²) in [6.07, 6.45) is 0. The summed E-state index contributed by atoms with van der Waals surface area (Å²) in [4.78, 5) is 0.686. The number of nitrogen functional groups attached to an aromatic ring is 1. The number of nitrogens with two attached hydrogens (primary N) is 1. The van der Waals surface area contributed by atoms with Crippen LogP contribution in [0.2, 0.25) is 0 Å². The highest BCUT2D eigenvalue weighted by molar-refractivity contribution is 7.91. The zero-order valence-electron chi connectivity index (χ0n) is 11.5. The first-order chi connectivity index (χ1) is 8.33. The van der Waals surface area contributed by atoms with Crippen LogP contribution in [0.15, 0.2) is 33.5 Å². The second-order valence-electron chi connectivity index (χ2n) is 5.07.